The zero-order chi connectivity index (χ0) is 23.6. The average Bonchev–Trinajstić information content (AvgIpc) is 3.60. The Morgan fingerprint density at radius 3 is 2.11 bits per heavy atom. The second kappa shape index (κ2) is 10.6. The molecule has 0 unspecified atom stereocenters. The van der Waals surface area contributed by atoms with Crippen molar-refractivity contribution in [3.05, 3.63) is 70.9 Å². The van der Waals surface area contributed by atoms with Crippen LogP contribution in [0.2, 0.25) is 0 Å². The van der Waals surface area contributed by atoms with Crippen molar-refractivity contribution in [2.24, 2.45) is 0 Å². The third kappa shape index (κ3) is 5.16. The van der Waals surface area contributed by atoms with Crippen LogP contribution in [0.5, 0.6) is 0 Å². The van der Waals surface area contributed by atoms with Gasteiger partial charge in [0.05, 0.1) is 0 Å². The van der Waals surface area contributed by atoms with Crippen molar-refractivity contribution in [1.82, 2.24) is 0 Å². The second-order valence-corrected chi connectivity index (χ2v) is 14.2. The average molecular weight is 560 g/mol. The van der Waals surface area contributed by atoms with Crippen molar-refractivity contribution in [1.29, 1.82) is 0 Å². The van der Waals surface area contributed by atoms with Gasteiger partial charge in [0, 0.05) is 0 Å². The molecule has 0 spiro atoms. The minimum absolute atomic E-state index is 0.408. The summed E-state index contributed by atoms with van der Waals surface area (Å²) < 4.78 is 4.49. The Balaban J connectivity index is 1.21. The Bertz CT molecular complexity index is 1490. The van der Waals surface area contributed by atoms with Gasteiger partial charge in [0.1, 0.15) is 0 Å². The fourth-order valence-electron chi connectivity index (χ4n) is 5.23. The molecule has 35 heavy (non-hydrogen) atoms. The first-order valence-electron chi connectivity index (χ1n) is 13.1. The summed E-state index contributed by atoms with van der Waals surface area (Å²) in [6.07, 6.45) is 12.4. The van der Waals surface area contributed by atoms with Gasteiger partial charge in [0.15, 0.2) is 0 Å². The SMILES string of the molecule is CCCCCCCCCCc1cc2cc3cc4cc5cc(-c6cccs6)[se]c5cc4cc3cc2s1. The van der Waals surface area contributed by atoms with Gasteiger partial charge in [-0.15, -0.1) is 0 Å². The van der Waals surface area contributed by atoms with Gasteiger partial charge in [-0.2, -0.15) is 0 Å². The zero-order valence-electron chi connectivity index (χ0n) is 20.4. The van der Waals surface area contributed by atoms with Crippen LogP contribution in [0, 0.1) is 0 Å². The van der Waals surface area contributed by atoms with Crippen molar-refractivity contribution in [3.63, 3.8) is 0 Å². The fraction of sp³-hybridized carbons (Fsp3) is 0.312. The van der Waals surface area contributed by atoms with Crippen LogP contribution in [0.25, 0.3) is 50.6 Å². The molecule has 0 fully saturated rings. The van der Waals surface area contributed by atoms with Gasteiger partial charge in [-0.3, -0.25) is 0 Å². The summed E-state index contributed by atoms with van der Waals surface area (Å²) >= 11 is 4.27. The summed E-state index contributed by atoms with van der Waals surface area (Å²) in [6, 6.07) is 23.8. The van der Waals surface area contributed by atoms with E-state index in [1.807, 2.05) is 22.7 Å². The van der Waals surface area contributed by atoms with Crippen LogP contribution in [0.1, 0.15) is 63.2 Å². The first kappa shape index (κ1) is 23.5. The Morgan fingerprint density at radius 1 is 0.657 bits per heavy atom. The molecule has 0 saturated carbocycles. The molecular formula is C32H32S2Se. The van der Waals surface area contributed by atoms with E-state index in [2.05, 4.69) is 73.0 Å². The van der Waals surface area contributed by atoms with Gasteiger partial charge >= 0.3 is 178 Å². The summed E-state index contributed by atoms with van der Waals surface area (Å²) in [6.45, 7) is 2.29. The number of hydrogen-bond acceptors (Lipinski definition) is 2. The number of aryl methyl sites for hydroxylation is 1. The number of benzene rings is 3. The van der Waals surface area contributed by atoms with Gasteiger partial charge in [-0.1, -0.05) is 45.4 Å². The van der Waals surface area contributed by atoms with E-state index in [4.69, 9.17) is 0 Å². The van der Waals surface area contributed by atoms with Gasteiger partial charge in [-0.25, -0.2) is 0 Å². The molecule has 0 N–H and O–H groups in total. The molecule has 0 aliphatic carbocycles. The Kier molecular flexibility index (Phi) is 7.12. The third-order valence-electron chi connectivity index (χ3n) is 7.16. The van der Waals surface area contributed by atoms with Gasteiger partial charge in [0.2, 0.25) is 0 Å². The molecule has 0 aliphatic heterocycles. The molecule has 3 heterocycles. The number of hydrogen-bond donors (Lipinski definition) is 0. The van der Waals surface area contributed by atoms with E-state index in [0.717, 1.165) is 0 Å². The van der Waals surface area contributed by atoms with Crippen molar-refractivity contribution in [2.75, 3.05) is 0 Å². The van der Waals surface area contributed by atoms with Crippen molar-refractivity contribution in [3.8, 4) is 9.31 Å². The van der Waals surface area contributed by atoms with E-state index in [1.54, 1.807) is 4.88 Å². The van der Waals surface area contributed by atoms with Crippen molar-refractivity contribution in [2.45, 2.75) is 64.7 Å². The molecule has 6 rings (SSSR count). The van der Waals surface area contributed by atoms with Gasteiger partial charge in [0.25, 0.3) is 0 Å². The Morgan fingerprint density at radius 2 is 1.34 bits per heavy atom. The van der Waals surface area contributed by atoms with Gasteiger partial charge in [-0.05, 0) is 0 Å². The number of fused-ring (bicyclic) bond motifs is 4. The number of unbranched alkanes of at least 4 members (excludes halogenated alkanes) is 7. The van der Waals surface area contributed by atoms with E-state index in [-0.39, 0.29) is 0 Å². The van der Waals surface area contributed by atoms with Crippen LogP contribution < -0.4 is 0 Å². The molecule has 0 amide bonds. The maximum absolute atomic E-state index is 2.45. The topological polar surface area (TPSA) is 0 Å². The van der Waals surface area contributed by atoms with E-state index in [9.17, 15) is 0 Å². The predicted octanol–water partition coefficient (Wildman–Crippen LogP) is 10.8. The number of rotatable bonds is 10. The Hall–Kier alpha value is -1.90. The molecule has 178 valence electrons. The monoisotopic (exact) mass is 560 g/mol. The molecule has 0 bridgehead atoms. The van der Waals surface area contributed by atoms with Gasteiger partial charge < -0.3 is 0 Å². The first-order valence-corrected chi connectivity index (χ1v) is 16.6. The molecule has 3 heteroatoms. The zero-order valence-corrected chi connectivity index (χ0v) is 23.8. The van der Waals surface area contributed by atoms with Crippen LogP contribution in [0.4, 0.5) is 0 Å². The van der Waals surface area contributed by atoms with E-state index in [1.165, 1.54) is 108 Å². The van der Waals surface area contributed by atoms with E-state index >= 15 is 0 Å². The summed E-state index contributed by atoms with van der Waals surface area (Å²) in [5.41, 5.74) is 0. The van der Waals surface area contributed by atoms with Crippen LogP contribution in [0.15, 0.2) is 66.0 Å². The third-order valence-corrected chi connectivity index (χ3v) is 11.9. The first-order chi connectivity index (χ1) is 17.3. The summed E-state index contributed by atoms with van der Waals surface area (Å²) in [7, 11) is 0. The minimum atomic E-state index is 0.408. The molecule has 0 radical (unpaired) electrons. The molecule has 0 nitrogen and oxygen atoms in total. The molecule has 0 saturated heterocycles. The van der Waals surface area contributed by atoms with E-state index in [0.29, 0.717) is 14.5 Å². The quantitative estimate of drug-likeness (QED) is 0.0890. The van der Waals surface area contributed by atoms with E-state index < -0.39 is 0 Å². The van der Waals surface area contributed by atoms with Crippen LogP contribution in [-0.2, 0) is 6.42 Å². The Labute approximate surface area is 222 Å². The normalized spacial score (nSPS) is 12.0. The summed E-state index contributed by atoms with van der Waals surface area (Å²) in [4.78, 5) is 2.98. The fourth-order valence-corrected chi connectivity index (χ4v) is 9.64. The van der Waals surface area contributed by atoms with Crippen molar-refractivity contribution >= 4 is 78.5 Å². The molecule has 0 atom stereocenters. The van der Waals surface area contributed by atoms with Crippen LogP contribution >= 0.6 is 22.7 Å². The second-order valence-electron chi connectivity index (χ2n) is 9.85. The summed E-state index contributed by atoms with van der Waals surface area (Å²) in [5, 5.41) is 10.5. The molecular weight excluding hydrogens is 527 g/mol. The molecule has 0 aliphatic rings. The summed E-state index contributed by atoms with van der Waals surface area (Å²) in [5.74, 6) is 0. The number of thiophene rings is 2. The molecule has 3 aromatic carbocycles. The predicted molar refractivity (Wildman–Crippen MR) is 161 cm³/mol. The molecule has 3 aromatic heterocycles. The standard InChI is InChI=1S/C32H32S2Se/c1-2-3-4-5-6-7-8-9-11-28-18-26-16-22-14-23-17-27-21-32(29-12-10-13-33-29)35-31(27)20-25(23)15-24(22)19-30(26)34-28/h10,12-21H,2-9,11H2,1H3. The van der Waals surface area contributed by atoms with Crippen LogP contribution in [0.3, 0.4) is 0 Å². The molecule has 6 aromatic rings. The van der Waals surface area contributed by atoms with Crippen molar-refractivity contribution < 1.29 is 0 Å². The maximum atomic E-state index is 2.45. The van der Waals surface area contributed by atoms with Crippen LogP contribution in [-0.4, -0.2) is 14.5 Å².